The second-order valence-corrected chi connectivity index (χ2v) is 8.94. The van der Waals surface area contributed by atoms with E-state index in [-0.39, 0.29) is 17.4 Å². The standard InChI is InChI=1S/C29H29N3O3/c33-24-9-5-21(6-10-24)29(22-7-11-25(34)12-8-22)26-19-30-14-13-23(26)20-31-15-17-32(18-16-31)27-3-1-2-4-28(27)35/h1-14,19,29,33-35H,15-18,20H2. The lowest BCUT2D eigenvalue weighted by Crippen LogP contribution is -2.46. The van der Waals surface area contributed by atoms with Crippen LogP contribution in [0.4, 0.5) is 5.69 Å². The van der Waals surface area contributed by atoms with E-state index in [9.17, 15) is 15.3 Å². The molecule has 1 saturated heterocycles. The molecule has 178 valence electrons. The van der Waals surface area contributed by atoms with Gasteiger partial charge in [0.2, 0.25) is 0 Å². The Morgan fingerprint density at radius 2 is 1.31 bits per heavy atom. The van der Waals surface area contributed by atoms with Crippen molar-refractivity contribution in [2.45, 2.75) is 12.5 Å². The number of para-hydroxylation sites is 2. The second-order valence-electron chi connectivity index (χ2n) is 8.94. The predicted molar refractivity (Wildman–Crippen MR) is 137 cm³/mol. The zero-order valence-electron chi connectivity index (χ0n) is 19.5. The fourth-order valence-corrected chi connectivity index (χ4v) is 4.84. The van der Waals surface area contributed by atoms with Crippen molar-refractivity contribution in [3.63, 3.8) is 0 Å². The first-order valence-electron chi connectivity index (χ1n) is 11.8. The summed E-state index contributed by atoms with van der Waals surface area (Å²) < 4.78 is 0. The molecule has 3 N–H and O–H groups in total. The number of pyridine rings is 1. The minimum atomic E-state index is -0.0811. The molecule has 0 saturated carbocycles. The van der Waals surface area contributed by atoms with E-state index in [4.69, 9.17) is 0 Å². The van der Waals surface area contributed by atoms with E-state index in [1.54, 1.807) is 30.3 Å². The number of phenolic OH excluding ortho intramolecular Hbond substituents is 3. The molecule has 0 spiro atoms. The molecule has 0 unspecified atom stereocenters. The maximum atomic E-state index is 10.2. The number of aromatic nitrogens is 1. The van der Waals surface area contributed by atoms with E-state index in [0.717, 1.165) is 55.1 Å². The summed E-state index contributed by atoms with van der Waals surface area (Å²) >= 11 is 0. The quantitative estimate of drug-likeness (QED) is 0.381. The fraction of sp³-hybridized carbons (Fsp3) is 0.207. The van der Waals surface area contributed by atoms with Crippen LogP contribution in [0.5, 0.6) is 17.2 Å². The number of nitrogens with zero attached hydrogens (tertiary/aromatic N) is 3. The number of anilines is 1. The molecule has 3 aromatic carbocycles. The minimum Gasteiger partial charge on any atom is -0.508 e. The molecule has 0 bridgehead atoms. The highest BCUT2D eigenvalue weighted by molar-refractivity contribution is 5.58. The monoisotopic (exact) mass is 467 g/mol. The predicted octanol–water partition coefficient (Wildman–Crippen LogP) is 4.70. The summed E-state index contributed by atoms with van der Waals surface area (Å²) in [5, 5.41) is 29.9. The lowest BCUT2D eigenvalue weighted by molar-refractivity contribution is 0.248. The highest BCUT2D eigenvalue weighted by Gasteiger charge is 2.24. The molecule has 2 heterocycles. The molecule has 35 heavy (non-hydrogen) atoms. The van der Waals surface area contributed by atoms with Gasteiger partial charge in [0.05, 0.1) is 5.69 Å². The van der Waals surface area contributed by atoms with Gasteiger partial charge in [0, 0.05) is 51.0 Å². The van der Waals surface area contributed by atoms with Crippen LogP contribution in [0.25, 0.3) is 0 Å². The molecule has 0 atom stereocenters. The topological polar surface area (TPSA) is 80.1 Å². The third-order valence-electron chi connectivity index (χ3n) is 6.70. The number of phenols is 3. The molecule has 6 heteroatoms. The van der Waals surface area contributed by atoms with Crippen LogP contribution in [0.15, 0.2) is 91.3 Å². The molecule has 0 aliphatic carbocycles. The molecular formula is C29H29N3O3. The molecule has 5 rings (SSSR count). The van der Waals surface area contributed by atoms with Gasteiger partial charge in [0.25, 0.3) is 0 Å². The number of piperazine rings is 1. The Labute approximate surface area is 205 Å². The van der Waals surface area contributed by atoms with E-state index in [1.807, 2.05) is 54.9 Å². The second kappa shape index (κ2) is 10.1. The van der Waals surface area contributed by atoms with Gasteiger partial charge in [0.1, 0.15) is 17.2 Å². The van der Waals surface area contributed by atoms with E-state index >= 15 is 0 Å². The molecular weight excluding hydrogens is 438 g/mol. The molecule has 0 radical (unpaired) electrons. The number of rotatable bonds is 6. The first-order valence-corrected chi connectivity index (χ1v) is 11.8. The van der Waals surface area contributed by atoms with E-state index < -0.39 is 0 Å². The Morgan fingerprint density at radius 1 is 0.714 bits per heavy atom. The molecule has 4 aromatic rings. The van der Waals surface area contributed by atoms with E-state index in [2.05, 4.69) is 20.9 Å². The number of aromatic hydroxyl groups is 3. The summed E-state index contributed by atoms with van der Waals surface area (Å²) in [6, 6.07) is 24.2. The summed E-state index contributed by atoms with van der Waals surface area (Å²) in [4.78, 5) is 9.12. The normalized spacial score (nSPS) is 14.4. The van der Waals surface area contributed by atoms with Gasteiger partial charge >= 0.3 is 0 Å². The van der Waals surface area contributed by atoms with Gasteiger partial charge in [0.15, 0.2) is 0 Å². The van der Waals surface area contributed by atoms with E-state index in [0.29, 0.717) is 5.75 Å². The zero-order valence-corrected chi connectivity index (χ0v) is 19.5. The Bertz CT molecular complexity index is 1220. The van der Waals surface area contributed by atoms with Gasteiger partial charge in [-0.15, -0.1) is 0 Å². The largest absolute Gasteiger partial charge is 0.508 e. The van der Waals surface area contributed by atoms with Gasteiger partial charge in [-0.2, -0.15) is 0 Å². The molecule has 1 aromatic heterocycles. The first kappa shape index (κ1) is 22.7. The van der Waals surface area contributed by atoms with Crippen molar-refractivity contribution in [2.75, 3.05) is 31.1 Å². The van der Waals surface area contributed by atoms with Crippen LogP contribution in [0.3, 0.4) is 0 Å². The van der Waals surface area contributed by atoms with Crippen LogP contribution in [0, 0.1) is 0 Å². The molecule has 0 amide bonds. The summed E-state index contributed by atoms with van der Waals surface area (Å²) in [6.45, 7) is 4.26. The average molecular weight is 468 g/mol. The number of hydrogen-bond acceptors (Lipinski definition) is 6. The highest BCUT2D eigenvalue weighted by Crippen LogP contribution is 2.35. The van der Waals surface area contributed by atoms with Crippen molar-refractivity contribution >= 4 is 5.69 Å². The van der Waals surface area contributed by atoms with Crippen molar-refractivity contribution in [2.24, 2.45) is 0 Å². The molecule has 1 aliphatic heterocycles. The summed E-state index contributed by atoms with van der Waals surface area (Å²) in [6.07, 6.45) is 3.76. The summed E-state index contributed by atoms with van der Waals surface area (Å²) in [5.41, 5.74) is 5.28. The smallest absolute Gasteiger partial charge is 0.138 e. The van der Waals surface area contributed by atoms with Gasteiger partial charge in [-0.25, -0.2) is 0 Å². The Kier molecular flexibility index (Phi) is 6.55. The van der Waals surface area contributed by atoms with Crippen molar-refractivity contribution in [1.29, 1.82) is 0 Å². The van der Waals surface area contributed by atoms with Crippen LogP contribution in [0.1, 0.15) is 28.2 Å². The van der Waals surface area contributed by atoms with Crippen molar-refractivity contribution < 1.29 is 15.3 Å². The number of hydrogen-bond donors (Lipinski definition) is 3. The van der Waals surface area contributed by atoms with Crippen LogP contribution in [0.2, 0.25) is 0 Å². The van der Waals surface area contributed by atoms with Crippen LogP contribution < -0.4 is 4.90 Å². The lowest BCUT2D eigenvalue weighted by atomic mass is 9.83. The summed E-state index contributed by atoms with van der Waals surface area (Å²) in [7, 11) is 0. The summed E-state index contributed by atoms with van der Waals surface area (Å²) in [5.74, 6) is 0.698. The van der Waals surface area contributed by atoms with Crippen LogP contribution >= 0.6 is 0 Å². The Balaban J connectivity index is 1.40. The maximum absolute atomic E-state index is 10.2. The van der Waals surface area contributed by atoms with Crippen LogP contribution in [-0.4, -0.2) is 51.4 Å². The molecule has 1 fully saturated rings. The Hall–Kier alpha value is -4.03. The van der Waals surface area contributed by atoms with E-state index in [1.165, 1.54) is 5.56 Å². The maximum Gasteiger partial charge on any atom is 0.138 e. The lowest BCUT2D eigenvalue weighted by Gasteiger charge is -2.36. The Morgan fingerprint density at radius 3 is 1.91 bits per heavy atom. The van der Waals surface area contributed by atoms with Crippen LogP contribution in [-0.2, 0) is 6.54 Å². The van der Waals surface area contributed by atoms with Gasteiger partial charge < -0.3 is 20.2 Å². The van der Waals surface area contributed by atoms with Gasteiger partial charge in [-0.3, -0.25) is 9.88 Å². The minimum absolute atomic E-state index is 0.0811. The van der Waals surface area contributed by atoms with Crippen molar-refractivity contribution in [1.82, 2.24) is 9.88 Å². The fourth-order valence-electron chi connectivity index (χ4n) is 4.84. The van der Waals surface area contributed by atoms with Gasteiger partial charge in [-0.05, 0) is 64.7 Å². The zero-order chi connectivity index (χ0) is 24.2. The first-order chi connectivity index (χ1) is 17.1. The third-order valence-corrected chi connectivity index (χ3v) is 6.70. The average Bonchev–Trinajstić information content (AvgIpc) is 2.88. The third kappa shape index (κ3) is 5.08. The highest BCUT2D eigenvalue weighted by atomic mass is 16.3. The van der Waals surface area contributed by atoms with Crippen molar-refractivity contribution in [3.05, 3.63) is 114 Å². The molecule has 6 nitrogen and oxygen atoms in total. The number of benzene rings is 3. The molecule has 1 aliphatic rings. The SMILES string of the molecule is Oc1ccc(C(c2ccc(O)cc2)c2cnccc2CN2CCN(c3ccccc3O)CC2)cc1. The van der Waals surface area contributed by atoms with Crippen molar-refractivity contribution in [3.8, 4) is 17.2 Å². The van der Waals surface area contributed by atoms with Gasteiger partial charge in [-0.1, -0.05) is 36.4 Å².